The molecule has 0 aliphatic rings. The highest BCUT2D eigenvalue weighted by atomic mass is 79.9. The number of carbonyl (C=O) groups is 1. The van der Waals surface area contributed by atoms with E-state index in [0.29, 0.717) is 11.1 Å². The van der Waals surface area contributed by atoms with E-state index in [1.807, 2.05) is 0 Å². The Morgan fingerprint density at radius 2 is 2.05 bits per heavy atom. The quantitative estimate of drug-likeness (QED) is 0.531. The van der Waals surface area contributed by atoms with Gasteiger partial charge in [0.05, 0.1) is 21.7 Å². The summed E-state index contributed by atoms with van der Waals surface area (Å²) in [6.45, 7) is 0. The lowest BCUT2D eigenvalue weighted by molar-refractivity contribution is 0.0992. The second-order valence-corrected chi connectivity index (χ2v) is 5.36. The molecular weight excluding hydrogens is 342 g/mol. The van der Waals surface area contributed by atoms with Crippen LogP contribution in [0.1, 0.15) is 15.9 Å². The van der Waals surface area contributed by atoms with Gasteiger partial charge in [-0.15, -0.1) is 0 Å². The summed E-state index contributed by atoms with van der Waals surface area (Å²) in [4.78, 5) is 12.3. The van der Waals surface area contributed by atoms with Gasteiger partial charge in [0.2, 0.25) is 0 Å². The van der Waals surface area contributed by atoms with E-state index in [1.165, 1.54) is 12.3 Å². The Balaban J connectivity index is 1.99. The van der Waals surface area contributed by atoms with Crippen LogP contribution in [0.5, 0.6) is 0 Å². The third-order valence-corrected chi connectivity index (χ3v) is 3.82. The van der Waals surface area contributed by atoms with Crippen molar-refractivity contribution in [2.75, 3.05) is 0 Å². The van der Waals surface area contributed by atoms with Crippen LogP contribution in [0.25, 0.3) is 5.52 Å². The van der Waals surface area contributed by atoms with Crippen molar-refractivity contribution in [3.63, 3.8) is 0 Å². The Hall–Kier alpha value is -2.08. The number of hydrogen-bond acceptors (Lipinski definition) is 2. The van der Waals surface area contributed by atoms with Crippen LogP contribution >= 0.6 is 15.9 Å². The molecule has 0 radical (unpaired) electrons. The minimum atomic E-state index is -0.750. The van der Waals surface area contributed by atoms with Gasteiger partial charge in [0.25, 0.3) is 0 Å². The first-order valence-corrected chi connectivity index (χ1v) is 6.95. The van der Waals surface area contributed by atoms with Gasteiger partial charge < -0.3 is 0 Å². The Morgan fingerprint density at radius 1 is 1.24 bits per heavy atom. The van der Waals surface area contributed by atoms with E-state index in [9.17, 15) is 13.6 Å². The van der Waals surface area contributed by atoms with E-state index in [-0.39, 0.29) is 22.2 Å². The average molecular weight is 351 g/mol. The minimum absolute atomic E-state index is 0.131. The van der Waals surface area contributed by atoms with Crippen molar-refractivity contribution in [1.29, 1.82) is 0 Å². The predicted octanol–water partition coefficient (Wildman–Crippen LogP) is 3.80. The van der Waals surface area contributed by atoms with Crippen LogP contribution in [0.3, 0.4) is 0 Å². The summed E-state index contributed by atoms with van der Waals surface area (Å²) in [5, 5.41) is 4.04. The summed E-state index contributed by atoms with van der Waals surface area (Å²) in [6.07, 6.45) is 2.76. The zero-order valence-corrected chi connectivity index (χ0v) is 12.3. The van der Waals surface area contributed by atoms with E-state index in [1.54, 1.807) is 28.9 Å². The molecule has 6 heteroatoms. The van der Waals surface area contributed by atoms with Crippen molar-refractivity contribution in [3.8, 4) is 0 Å². The zero-order valence-electron chi connectivity index (χ0n) is 10.7. The lowest BCUT2D eigenvalue weighted by Crippen LogP contribution is -2.07. The minimum Gasteiger partial charge on any atom is -0.294 e. The number of benzene rings is 1. The first-order chi connectivity index (χ1) is 10.1. The predicted molar refractivity (Wildman–Crippen MR) is 77.3 cm³/mol. The molecule has 0 fully saturated rings. The number of rotatable bonds is 3. The smallest absolute Gasteiger partial charge is 0.171 e. The first kappa shape index (κ1) is 13.9. The van der Waals surface area contributed by atoms with E-state index in [4.69, 9.17) is 0 Å². The first-order valence-electron chi connectivity index (χ1n) is 6.16. The van der Waals surface area contributed by atoms with Gasteiger partial charge in [0.1, 0.15) is 11.6 Å². The lowest BCUT2D eigenvalue weighted by Gasteiger charge is -2.05. The summed E-state index contributed by atoms with van der Waals surface area (Å²) in [6, 6.07) is 7.68. The van der Waals surface area contributed by atoms with Gasteiger partial charge in [0, 0.05) is 18.2 Å². The van der Waals surface area contributed by atoms with Gasteiger partial charge in [-0.05, 0) is 40.2 Å². The van der Waals surface area contributed by atoms with E-state index >= 15 is 0 Å². The third-order valence-electron chi connectivity index (χ3n) is 3.20. The summed E-state index contributed by atoms with van der Waals surface area (Å²) >= 11 is 2.99. The van der Waals surface area contributed by atoms with Crippen molar-refractivity contribution in [3.05, 3.63) is 70.0 Å². The molecule has 2 aromatic heterocycles. The number of halogens is 3. The van der Waals surface area contributed by atoms with Crippen molar-refractivity contribution in [2.24, 2.45) is 0 Å². The van der Waals surface area contributed by atoms with Crippen LogP contribution < -0.4 is 0 Å². The molecule has 0 amide bonds. The standard InChI is InChI=1S/C15H9BrF2N2O/c16-11-4-5-12(17)9(15(11)18)7-14(21)10-8-19-20-6-2-1-3-13(10)20/h1-6,8H,7H2. The number of ketones is 1. The van der Waals surface area contributed by atoms with Gasteiger partial charge in [-0.1, -0.05) is 6.07 Å². The van der Waals surface area contributed by atoms with E-state index in [2.05, 4.69) is 21.0 Å². The molecule has 0 atom stereocenters. The van der Waals surface area contributed by atoms with E-state index in [0.717, 1.165) is 6.07 Å². The lowest BCUT2D eigenvalue weighted by atomic mass is 10.0. The number of pyridine rings is 1. The molecule has 0 unspecified atom stereocenters. The molecule has 1 aromatic carbocycles. The molecular formula is C15H9BrF2N2O. The Labute approximate surface area is 127 Å². The topological polar surface area (TPSA) is 34.4 Å². The SMILES string of the molecule is O=C(Cc1c(F)ccc(Br)c1F)c1cnn2ccccc12. The number of aromatic nitrogens is 2. The summed E-state index contributed by atoms with van der Waals surface area (Å²) in [7, 11) is 0. The van der Waals surface area contributed by atoms with Gasteiger partial charge >= 0.3 is 0 Å². The highest BCUT2D eigenvalue weighted by Gasteiger charge is 2.19. The van der Waals surface area contributed by atoms with Crippen molar-refractivity contribution >= 4 is 27.2 Å². The van der Waals surface area contributed by atoms with E-state index < -0.39 is 11.6 Å². The fourth-order valence-corrected chi connectivity index (χ4v) is 2.51. The molecule has 3 aromatic rings. The van der Waals surface area contributed by atoms with Crippen molar-refractivity contribution in [1.82, 2.24) is 9.61 Å². The molecule has 2 heterocycles. The van der Waals surface area contributed by atoms with Crippen molar-refractivity contribution in [2.45, 2.75) is 6.42 Å². The van der Waals surface area contributed by atoms with Gasteiger partial charge in [-0.3, -0.25) is 4.79 Å². The zero-order chi connectivity index (χ0) is 15.0. The number of carbonyl (C=O) groups excluding carboxylic acids is 1. The maximum absolute atomic E-state index is 13.9. The highest BCUT2D eigenvalue weighted by molar-refractivity contribution is 9.10. The van der Waals surface area contributed by atoms with Crippen LogP contribution in [-0.2, 0) is 6.42 Å². The van der Waals surface area contributed by atoms with Crippen molar-refractivity contribution < 1.29 is 13.6 Å². The molecule has 0 aliphatic carbocycles. The fourth-order valence-electron chi connectivity index (χ4n) is 2.14. The number of nitrogens with zero attached hydrogens (tertiary/aromatic N) is 2. The fraction of sp³-hybridized carbons (Fsp3) is 0.0667. The molecule has 3 rings (SSSR count). The maximum atomic E-state index is 13.9. The molecule has 0 N–H and O–H groups in total. The molecule has 0 spiro atoms. The molecule has 0 saturated carbocycles. The third kappa shape index (κ3) is 2.47. The van der Waals surface area contributed by atoms with Crippen LogP contribution in [0.4, 0.5) is 8.78 Å². The van der Waals surface area contributed by atoms with Gasteiger partial charge in [-0.25, -0.2) is 13.3 Å². The molecule has 3 nitrogen and oxygen atoms in total. The molecule has 0 saturated heterocycles. The summed E-state index contributed by atoms with van der Waals surface area (Å²) < 4.78 is 29.3. The molecule has 106 valence electrons. The summed E-state index contributed by atoms with van der Waals surface area (Å²) in [5.41, 5.74) is 0.706. The van der Waals surface area contributed by atoms with Crippen LogP contribution in [0.2, 0.25) is 0 Å². The monoisotopic (exact) mass is 350 g/mol. The Morgan fingerprint density at radius 3 is 2.86 bits per heavy atom. The maximum Gasteiger partial charge on any atom is 0.171 e. The number of Topliss-reactive ketones (excluding diaryl/α,β-unsaturated/α-hetero) is 1. The molecule has 0 bridgehead atoms. The second kappa shape index (κ2) is 5.37. The molecule has 21 heavy (non-hydrogen) atoms. The number of hydrogen-bond donors (Lipinski definition) is 0. The van der Waals surface area contributed by atoms with Crippen LogP contribution in [0, 0.1) is 11.6 Å². The van der Waals surface area contributed by atoms with Gasteiger partial charge in [0.15, 0.2) is 5.78 Å². The average Bonchev–Trinajstić information content (AvgIpc) is 2.91. The van der Waals surface area contributed by atoms with Crippen LogP contribution in [0.15, 0.2) is 47.2 Å². The second-order valence-electron chi connectivity index (χ2n) is 4.51. The highest BCUT2D eigenvalue weighted by Crippen LogP contribution is 2.23. The van der Waals surface area contributed by atoms with Gasteiger partial charge in [-0.2, -0.15) is 5.10 Å². The van der Waals surface area contributed by atoms with Crippen LogP contribution in [-0.4, -0.2) is 15.4 Å². The molecule has 0 aliphatic heterocycles. The summed E-state index contributed by atoms with van der Waals surface area (Å²) in [5.74, 6) is -1.87. The number of fused-ring (bicyclic) bond motifs is 1. The normalized spacial score (nSPS) is 11.0. The Bertz CT molecular complexity index is 845. The Kier molecular flexibility index (Phi) is 3.55. The largest absolute Gasteiger partial charge is 0.294 e.